The number of guanidine groups is 1. The highest BCUT2D eigenvalue weighted by molar-refractivity contribution is 7.89. The lowest BCUT2D eigenvalue weighted by Gasteiger charge is -2.36. The molecule has 0 bridgehead atoms. The van der Waals surface area contributed by atoms with Crippen molar-refractivity contribution in [1.29, 1.82) is 0 Å². The fourth-order valence-electron chi connectivity index (χ4n) is 3.14. The molecule has 29 heavy (non-hydrogen) atoms. The minimum Gasteiger partial charge on any atom is -0.378 e. The summed E-state index contributed by atoms with van der Waals surface area (Å²) in [6.45, 7) is 14.2. The summed E-state index contributed by atoms with van der Waals surface area (Å²) in [4.78, 5) is 8.34. The number of ether oxygens (including phenoxy) is 1. The molecule has 0 amide bonds. The van der Waals surface area contributed by atoms with Crippen molar-refractivity contribution < 1.29 is 13.2 Å². The minimum absolute atomic E-state index is 0.0313. The second-order valence-corrected chi connectivity index (χ2v) is 11.2. The van der Waals surface area contributed by atoms with Gasteiger partial charge in [-0.3, -0.25) is 4.99 Å². The Balaban J connectivity index is 1.95. The molecule has 0 aliphatic carbocycles. The maximum atomic E-state index is 12.5. The molecule has 0 atom stereocenters. The van der Waals surface area contributed by atoms with Crippen LogP contribution in [0.3, 0.4) is 0 Å². The summed E-state index contributed by atoms with van der Waals surface area (Å²) in [5, 5.41) is 5.46. The number of nitrogens with one attached hydrogen (secondary N) is 1. The van der Waals surface area contributed by atoms with Crippen molar-refractivity contribution in [2.75, 3.05) is 51.6 Å². The lowest BCUT2D eigenvalue weighted by atomic mass is 9.92. The van der Waals surface area contributed by atoms with Crippen LogP contribution in [0, 0.1) is 0 Å². The zero-order chi connectivity index (χ0) is 21.5. The molecular weight excluding hydrogens is 408 g/mol. The normalized spacial score (nSPS) is 17.2. The molecule has 2 rings (SSSR count). The van der Waals surface area contributed by atoms with E-state index in [2.05, 4.69) is 48.5 Å². The third-order valence-electron chi connectivity index (χ3n) is 4.87. The predicted octanol–water partition coefficient (Wildman–Crippen LogP) is 2.36. The van der Waals surface area contributed by atoms with Crippen LogP contribution >= 0.6 is 11.3 Å². The Labute approximate surface area is 180 Å². The molecule has 1 aliphatic rings. The van der Waals surface area contributed by atoms with Gasteiger partial charge in [0.25, 0.3) is 0 Å². The Hall–Kier alpha value is -1.16. The summed E-state index contributed by atoms with van der Waals surface area (Å²) in [6, 6.07) is 4.22. The molecule has 166 valence electrons. The average molecular weight is 445 g/mol. The van der Waals surface area contributed by atoms with Gasteiger partial charge in [0.15, 0.2) is 5.96 Å². The van der Waals surface area contributed by atoms with E-state index in [4.69, 9.17) is 9.73 Å². The van der Waals surface area contributed by atoms with Gasteiger partial charge in [-0.1, -0.05) is 19.9 Å². The van der Waals surface area contributed by atoms with Crippen molar-refractivity contribution >= 4 is 27.3 Å². The number of nitrogens with zero attached hydrogens (tertiary/aromatic N) is 3. The first-order chi connectivity index (χ1) is 13.7. The van der Waals surface area contributed by atoms with Crippen LogP contribution < -0.4 is 5.32 Å². The number of rotatable bonds is 9. The van der Waals surface area contributed by atoms with Gasteiger partial charge in [0.1, 0.15) is 0 Å². The van der Waals surface area contributed by atoms with Gasteiger partial charge in [0, 0.05) is 43.0 Å². The van der Waals surface area contributed by atoms with Crippen LogP contribution in [0.1, 0.15) is 39.5 Å². The van der Waals surface area contributed by atoms with E-state index < -0.39 is 10.0 Å². The monoisotopic (exact) mass is 444 g/mol. The largest absolute Gasteiger partial charge is 0.378 e. The van der Waals surface area contributed by atoms with Crippen molar-refractivity contribution in [3.05, 3.63) is 22.4 Å². The molecule has 9 heteroatoms. The Morgan fingerprint density at radius 2 is 2.00 bits per heavy atom. The van der Waals surface area contributed by atoms with E-state index in [1.165, 1.54) is 4.88 Å². The van der Waals surface area contributed by atoms with Gasteiger partial charge < -0.3 is 15.0 Å². The molecular formula is C20H36N4O3S2. The number of aliphatic imine (C=N–C) groups is 1. The van der Waals surface area contributed by atoms with Gasteiger partial charge in [0.05, 0.1) is 25.0 Å². The van der Waals surface area contributed by atoms with Crippen LogP contribution in [0.5, 0.6) is 0 Å². The lowest BCUT2D eigenvalue weighted by molar-refractivity contribution is 0.0904. The van der Waals surface area contributed by atoms with E-state index in [0.29, 0.717) is 32.7 Å². The quantitative estimate of drug-likeness (QED) is 0.468. The number of sulfonamides is 1. The third-order valence-corrected chi connectivity index (χ3v) is 7.94. The van der Waals surface area contributed by atoms with Crippen molar-refractivity contribution in [2.45, 2.75) is 46.1 Å². The maximum absolute atomic E-state index is 12.5. The summed E-state index contributed by atoms with van der Waals surface area (Å²) in [7, 11) is -3.28. The highest BCUT2D eigenvalue weighted by atomic mass is 32.2. The Kier molecular flexibility index (Phi) is 8.93. The van der Waals surface area contributed by atoms with Gasteiger partial charge in [-0.15, -0.1) is 11.3 Å². The fraction of sp³-hybridized carbons (Fsp3) is 0.750. The van der Waals surface area contributed by atoms with Crippen molar-refractivity contribution in [1.82, 2.24) is 14.5 Å². The molecule has 1 aromatic rings. The molecule has 7 nitrogen and oxygen atoms in total. The smallest absolute Gasteiger partial charge is 0.216 e. The van der Waals surface area contributed by atoms with Crippen molar-refractivity contribution in [3.8, 4) is 0 Å². The van der Waals surface area contributed by atoms with E-state index in [0.717, 1.165) is 12.5 Å². The molecule has 0 saturated carbocycles. The standard InChI is InChI=1S/C20H36N4O3S2/c1-6-21-19(22-16-20(4,5)18-8-7-14-28-18)23-9-11-24(12-10-23)29(25,26)15-13-27-17(2)3/h7-8,14,17H,6,9-13,15-16H2,1-5H3,(H,21,22). The zero-order valence-corrected chi connectivity index (χ0v) is 20.0. The highest BCUT2D eigenvalue weighted by Gasteiger charge is 2.28. The highest BCUT2D eigenvalue weighted by Crippen LogP contribution is 2.27. The van der Waals surface area contributed by atoms with Crippen LogP contribution in [0.15, 0.2) is 22.5 Å². The molecule has 1 N–H and O–H groups in total. The van der Waals surface area contributed by atoms with Crippen LogP contribution in [0.25, 0.3) is 0 Å². The SMILES string of the molecule is CCNC(=NCC(C)(C)c1cccs1)N1CCN(S(=O)(=O)CCOC(C)C)CC1. The summed E-state index contributed by atoms with van der Waals surface area (Å²) >= 11 is 1.75. The Bertz CT molecular complexity index is 738. The minimum atomic E-state index is -3.28. The van der Waals surface area contributed by atoms with E-state index in [9.17, 15) is 8.42 Å². The van der Waals surface area contributed by atoms with Crippen LogP contribution in [0.4, 0.5) is 0 Å². The van der Waals surface area contributed by atoms with Gasteiger partial charge in [-0.05, 0) is 32.2 Å². The van der Waals surface area contributed by atoms with Crippen LogP contribution in [-0.2, 0) is 20.2 Å². The lowest BCUT2D eigenvalue weighted by Crippen LogP contribution is -2.54. The predicted molar refractivity (Wildman–Crippen MR) is 121 cm³/mol. The Morgan fingerprint density at radius 3 is 2.55 bits per heavy atom. The van der Waals surface area contributed by atoms with Gasteiger partial charge >= 0.3 is 0 Å². The molecule has 0 spiro atoms. The second-order valence-electron chi connectivity index (χ2n) is 8.15. The van der Waals surface area contributed by atoms with Gasteiger partial charge in [0.2, 0.25) is 10.0 Å². The van der Waals surface area contributed by atoms with Crippen LogP contribution in [0.2, 0.25) is 0 Å². The number of hydrogen-bond donors (Lipinski definition) is 1. The summed E-state index contributed by atoms with van der Waals surface area (Å²) < 4.78 is 32.1. The van der Waals surface area contributed by atoms with Crippen LogP contribution in [-0.4, -0.2) is 81.3 Å². The zero-order valence-electron chi connectivity index (χ0n) is 18.3. The maximum Gasteiger partial charge on any atom is 0.216 e. The summed E-state index contributed by atoms with van der Waals surface area (Å²) in [6.07, 6.45) is 0.0411. The van der Waals surface area contributed by atoms with E-state index in [-0.39, 0.29) is 23.9 Å². The Morgan fingerprint density at radius 1 is 1.31 bits per heavy atom. The van der Waals surface area contributed by atoms with E-state index >= 15 is 0 Å². The molecule has 1 saturated heterocycles. The van der Waals surface area contributed by atoms with Crippen molar-refractivity contribution in [3.63, 3.8) is 0 Å². The third kappa shape index (κ3) is 7.24. The number of hydrogen-bond acceptors (Lipinski definition) is 5. The first-order valence-corrected chi connectivity index (χ1v) is 12.8. The van der Waals surface area contributed by atoms with Crippen molar-refractivity contribution in [2.24, 2.45) is 4.99 Å². The first kappa shape index (κ1) is 24.1. The van der Waals surface area contributed by atoms with Gasteiger partial charge in [-0.25, -0.2) is 8.42 Å². The number of thiophene rings is 1. The topological polar surface area (TPSA) is 74.2 Å². The second kappa shape index (κ2) is 10.7. The average Bonchev–Trinajstić information content (AvgIpc) is 3.20. The molecule has 0 aromatic carbocycles. The molecule has 0 radical (unpaired) electrons. The van der Waals surface area contributed by atoms with E-state index in [1.54, 1.807) is 15.6 Å². The molecule has 1 aromatic heterocycles. The summed E-state index contributed by atoms with van der Waals surface area (Å²) in [5.41, 5.74) is -0.0313. The molecule has 1 fully saturated rings. The van der Waals surface area contributed by atoms with E-state index in [1.807, 2.05) is 13.8 Å². The molecule has 1 aliphatic heterocycles. The number of piperazine rings is 1. The fourth-order valence-corrected chi connectivity index (χ4v) is 5.27. The summed E-state index contributed by atoms with van der Waals surface area (Å²) in [5.74, 6) is 0.895. The molecule has 2 heterocycles. The first-order valence-electron chi connectivity index (χ1n) is 10.3. The van der Waals surface area contributed by atoms with Gasteiger partial charge in [-0.2, -0.15) is 4.31 Å². The molecule has 0 unspecified atom stereocenters.